The van der Waals surface area contributed by atoms with Gasteiger partial charge in [-0.1, -0.05) is 27.7 Å². The van der Waals surface area contributed by atoms with E-state index in [1.807, 2.05) is 27.7 Å². The van der Waals surface area contributed by atoms with E-state index in [4.69, 9.17) is 5.73 Å². The van der Waals surface area contributed by atoms with Crippen molar-refractivity contribution < 1.29 is 9.72 Å². The molecule has 0 aliphatic heterocycles. The Labute approximate surface area is 124 Å². The highest BCUT2D eigenvalue weighted by atomic mass is 16.6. The third-order valence-electron chi connectivity index (χ3n) is 2.79. The standard InChI is InChI=1S/C14H22N4O3/c1-9(2)7-17(8-10(3)4)14(19)11-5-13(15)16-6-12(11)18(20)21/h5-6,9-10H,7-8H2,1-4H3,(H2,15,16). The number of amides is 1. The first-order valence-electron chi connectivity index (χ1n) is 6.91. The molecule has 7 heteroatoms. The van der Waals surface area contributed by atoms with Gasteiger partial charge in [-0.05, 0) is 17.9 Å². The van der Waals surface area contributed by atoms with Crippen LogP contribution in [0.1, 0.15) is 38.1 Å². The predicted molar refractivity (Wildman–Crippen MR) is 80.9 cm³/mol. The van der Waals surface area contributed by atoms with E-state index in [9.17, 15) is 14.9 Å². The minimum Gasteiger partial charge on any atom is -0.384 e. The second-order valence-corrected chi connectivity index (χ2v) is 5.88. The van der Waals surface area contributed by atoms with Gasteiger partial charge in [0.15, 0.2) is 0 Å². The maximum Gasteiger partial charge on any atom is 0.300 e. The van der Waals surface area contributed by atoms with Crippen molar-refractivity contribution in [3.05, 3.63) is 27.9 Å². The molecule has 0 atom stereocenters. The van der Waals surface area contributed by atoms with Crippen LogP contribution < -0.4 is 5.73 Å². The van der Waals surface area contributed by atoms with Crippen LogP contribution in [0.25, 0.3) is 0 Å². The van der Waals surface area contributed by atoms with E-state index >= 15 is 0 Å². The van der Waals surface area contributed by atoms with E-state index < -0.39 is 4.92 Å². The largest absolute Gasteiger partial charge is 0.384 e. The van der Waals surface area contributed by atoms with Crippen LogP contribution in [-0.4, -0.2) is 33.8 Å². The van der Waals surface area contributed by atoms with Gasteiger partial charge in [-0.15, -0.1) is 0 Å². The molecule has 0 aliphatic rings. The number of nitro groups is 1. The fourth-order valence-electron chi connectivity index (χ4n) is 2.07. The lowest BCUT2D eigenvalue weighted by Crippen LogP contribution is -2.37. The SMILES string of the molecule is CC(C)CN(CC(C)C)C(=O)c1cc(N)ncc1[N+](=O)[O-]. The van der Waals surface area contributed by atoms with Crippen molar-refractivity contribution in [2.24, 2.45) is 11.8 Å². The van der Waals surface area contributed by atoms with Gasteiger partial charge in [-0.25, -0.2) is 4.98 Å². The van der Waals surface area contributed by atoms with E-state index in [0.717, 1.165) is 6.20 Å². The summed E-state index contributed by atoms with van der Waals surface area (Å²) in [5, 5.41) is 11.1. The summed E-state index contributed by atoms with van der Waals surface area (Å²) in [4.78, 5) is 28.4. The lowest BCUT2D eigenvalue weighted by atomic mass is 10.1. The smallest absolute Gasteiger partial charge is 0.300 e. The number of hydrogen-bond donors (Lipinski definition) is 1. The fourth-order valence-corrected chi connectivity index (χ4v) is 2.07. The van der Waals surface area contributed by atoms with Crippen LogP contribution in [-0.2, 0) is 0 Å². The summed E-state index contributed by atoms with van der Waals surface area (Å²) in [6.07, 6.45) is 1.03. The van der Waals surface area contributed by atoms with Crippen molar-refractivity contribution in [1.82, 2.24) is 9.88 Å². The molecule has 116 valence electrons. The van der Waals surface area contributed by atoms with Crippen LogP contribution >= 0.6 is 0 Å². The molecule has 0 aliphatic carbocycles. The van der Waals surface area contributed by atoms with E-state index in [-0.39, 0.29) is 34.8 Å². The van der Waals surface area contributed by atoms with Gasteiger partial charge in [0.1, 0.15) is 17.6 Å². The van der Waals surface area contributed by atoms with Gasteiger partial charge in [-0.2, -0.15) is 0 Å². The molecule has 2 N–H and O–H groups in total. The number of rotatable bonds is 6. The zero-order valence-corrected chi connectivity index (χ0v) is 12.9. The summed E-state index contributed by atoms with van der Waals surface area (Å²) in [7, 11) is 0. The molecule has 1 aromatic rings. The number of hydrogen-bond acceptors (Lipinski definition) is 5. The Morgan fingerprint density at radius 2 is 1.86 bits per heavy atom. The molecule has 1 aromatic heterocycles. The summed E-state index contributed by atoms with van der Waals surface area (Å²) in [6.45, 7) is 9.06. The maximum atomic E-state index is 12.6. The normalized spacial score (nSPS) is 11.0. The van der Waals surface area contributed by atoms with Gasteiger partial charge in [-0.3, -0.25) is 14.9 Å². The van der Waals surface area contributed by atoms with Crippen molar-refractivity contribution in [3.8, 4) is 0 Å². The quantitative estimate of drug-likeness (QED) is 0.640. The number of anilines is 1. The van der Waals surface area contributed by atoms with Crippen molar-refractivity contribution >= 4 is 17.4 Å². The number of nitrogens with two attached hydrogens (primary N) is 1. The molecule has 0 spiro atoms. The third kappa shape index (κ3) is 4.70. The molecule has 1 amide bonds. The number of aromatic nitrogens is 1. The summed E-state index contributed by atoms with van der Waals surface area (Å²) < 4.78 is 0. The molecule has 0 unspecified atom stereocenters. The minimum absolute atomic E-state index is 0.00574. The second-order valence-electron chi connectivity index (χ2n) is 5.88. The lowest BCUT2D eigenvalue weighted by Gasteiger charge is -2.26. The maximum absolute atomic E-state index is 12.6. The molecule has 1 heterocycles. The molecule has 0 fully saturated rings. The van der Waals surface area contributed by atoms with Crippen molar-refractivity contribution in [2.75, 3.05) is 18.8 Å². The first-order chi connectivity index (χ1) is 9.72. The summed E-state index contributed by atoms with van der Waals surface area (Å²) in [5.74, 6) is 0.257. The van der Waals surface area contributed by atoms with Crippen LogP contribution in [0.2, 0.25) is 0 Å². The Bertz CT molecular complexity index is 519. The topological polar surface area (TPSA) is 102 Å². The van der Waals surface area contributed by atoms with Gasteiger partial charge >= 0.3 is 0 Å². The van der Waals surface area contributed by atoms with Crippen LogP contribution in [0.4, 0.5) is 11.5 Å². The highest BCUT2D eigenvalue weighted by Gasteiger charge is 2.26. The van der Waals surface area contributed by atoms with Gasteiger partial charge in [0, 0.05) is 13.1 Å². The van der Waals surface area contributed by atoms with Crippen LogP contribution in [0, 0.1) is 22.0 Å². The number of carbonyl (C=O) groups is 1. The summed E-state index contributed by atoms with van der Waals surface area (Å²) in [6, 6.07) is 1.27. The average Bonchev–Trinajstić information content (AvgIpc) is 2.35. The fraction of sp³-hybridized carbons (Fsp3) is 0.571. The third-order valence-corrected chi connectivity index (χ3v) is 2.79. The molecule has 0 saturated carbocycles. The highest BCUT2D eigenvalue weighted by molar-refractivity contribution is 5.98. The van der Waals surface area contributed by atoms with Crippen molar-refractivity contribution in [2.45, 2.75) is 27.7 Å². The van der Waals surface area contributed by atoms with Gasteiger partial charge in [0.2, 0.25) is 0 Å². The van der Waals surface area contributed by atoms with Crippen molar-refractivity contribution in [3.63, 3.8) is 0 Å². The van der Waals surface area contributed by atoms with Crippen molar-refractivity contribution in [1.29, 1.82) is 0 Å². The predicted octanol–water partition coefficient (Wildman–Crippen LogP) is 2.33. The van der Waals surface area contributed by atoms with E-state index in [1.54, 1.807) is 4.90 Å². The lowest BCUT2D eigenvalue weighted by molar-refractivity contribution is -0.385. The number of pyridine rings is 1. The molecule has 0 saturated heterocycles. The molecule has 1 rings (SSSR count). The number of nitrogens with zero attached hydrogens (tertiary/aromatic N) is 3. The van der Waals surface area contributed by atoms with Gasteiger partial charge < -0.3 is 10.6 Å². The highest BCUT2D eigenvalue weighted by Crippen LogP contribution is 2.22. The number of nitrogen functional groups attached to an aromatic ring is 1. The molecular weight excluding hydrogens is 272 g/mol. The Hall–Kier alpha value is -2.18. The first kappa shape index (κ1) is 16.9. The van der Waals surface area contributed by atoms with E-state index in [2.05, 4.69) is 4.98 Å². The Kier molecular flexibility index (Phi) is 5.63. The first-order valence-corrected chi connectivity index (χ1v) is 6.91. The average molecular weight is 294 g/mol. The second kappa shape index (κ2) is 7.01. The van der Waals surface area contributed by atoms with Crippen LogP contribution in [0.5, 0.6) is 0 Å². The minimum atomic E-state index is -0.609. The molecule has 0 aromatic carbocycles. The van der Waals surface area contributed by atoms with Crippen LogP contribution in [0.15, 0.2) is 12.3 Å². The summed E-state index contributed by atoms with van der Waals surface area (Å²) in [5.41, 5.74) is 5.24. The van der Waals surface area contributed by atoms with Gasteiger partial charge in [0.05, 0.1) is 4.92 Å². The van der Waals surface area contributed by atoms with E-state index in [0.29, 0.717) is 13.1 Å². The molecular formula is C14H22N4O3. The van der Waals surface area contributed by atoms with Gasteiger partial charge in [0.25, 0.3) is 11.6 Å². The Balaban J connectivity index is 3.18. The molecule has 7 nitrogen and oxygen atoms in total. The number of carbonyl (C=O) groups excluding carboxylic acids is 1. The van der Waals surface area contributed by atoms with E-state index in [1.165, 1.54) is 6.07 Å². The molecule has 21 heavy (non-hydrogen) atoms. The Morgan fingerprint density at radius 1 is 1.33 bits per heavy atom. The Morgan fingerprint density at radius 3 is 2.29 bits per heavy atom. The zero-order chi connectivity index (χ0) is 16.2. The molecule has 0 bridgehead atoms. The monoisotopic (exact) mass is 294 g/mol. The molecule has 0 radical (unpaired) electrons. The van der Waals surface area contributed by atoms with Crippen LogP contribution in [0.3, 0.4) is 0 Å². The zero-order valence-electron chi connectivity index (χ0n) is 12.9. The summed E-state index contributed by atoms with van der Waals surface area (Å²) >= 11 is 0.